The Kier molecular flexibility index (Phi) is 6.34. The number of Topliss-reactive ketones (excluding diaryl/α,β-unsaturated/α-hetero) is 1. The minimum absolute atomic E-state index is 0.000277. The van der Waals surface area contributed by atoms with E-state index in [0.717, 1.165) is 18.4 Å². The van der Waals surface area contributed by atoms with Crippen LogP contribution in [0.3, 0.4) is 0 Å². The van der Waals surface area contributed by atoms with Crippen LogP contribution in [0.5, 0.6) is 0 Å². The Bertz CT molecular complexity index is 1020. The SMILES string of the molecule is CC(C)C(=O)OCC(=O)[C@@]12OC(CCN)O[C@@H]1C[C@H]1[C@@H]3CCC4=CC(=O)C=C[C@]4(C)[C@H]3[C@@H](O)C[C@@]12C. The van der Waals surface area contributed by atoms with Crippen molar-refractivity contribution in [3.05, 3.63) is 23.8 Å². The first-order valence-electron chi connectivity index (χ1n) is 13.3. The maximum atomic E-state index is 13.9. The molecule has 5 rings (SSSR count). The number of aliphatic hydroxyl groups excluding tert-OH is 1. The van der Waals surface area contributed by atoms with E-state index in [4.69, 9.17) is 19.9 Å². The van der Waals surface area contributed by atoms with E-state index >= 15 is 0 Å². The third-order valence-corrected chi connectivity index (χ3v) is 9.92. The predicted octanol–water partition coefficient (Wildman–Crippen LogP) is 2.47. The first-order valence-corrected chi connectivity index (χ1v) is 13.3. The zero-order chi connectivity index (χ0) is 26.0. The van der Waals surface area contributed by atoms with Gasteiger partial charge in [-0.3, -0.25) is 14.4 Å². The van der Waals surface area contributed by atoms with Crippen LogP contribution >= 0.6 is 0 Å². The van der Waals surface area contributed by atoms with Crippen LogP contribution in [0, 0.1) is 34.5 Å². The molecule has 5 aliphatic rings. The number of carbonyl (C=O) groups is 3. The van der Waals surface area contributed by atoms with Gasteiger partial charge in [0, 0.05) is 23.2 Å². The number of carbonyl (C=O) groups excluding carboxylic acids is 3. The van der Waals surface area contributed by atoms with Gasteiger partial charge in [-0.2, -0.15) is 0 Å². The number of ketones is 2. The average Bonchev–Trinajstić information content (AvgIpc) is 3.29. The smallest absolute Gasteiger partial charge is 0.308 e. The van der Waals surface area contributed by atoms with Gasteiger partial charge in [-0.1, -0.05) is 39.3 Å². The standard InChI is InChI=1S/C28H39NO7/c1-15(2)25(33)34-14-21(32)28-22(35-23(36-28)8-10-29)12-19-18-6-5-16-11-17(30)7-9-26(16,3)24(18)20(31)13-27(19,28)4/h7,9,11,15,18-20,22-24,31H,5-6,8,10,12-14,29H2,1-4H3/t18-,19-,20-,22+,23?,24+,26-,27-,28+/m0/s1. The van der Waals surface area contributed by atoms with Crippen LogP contribution in [0.2, 0.25) is 0 Å². The number of aliphatic hydroxyl groups is 1. The Morgan fingerprint density at radius 3 is 2.75 bits per heavy atom. The summed E-state index contributed by atoms with van der Waals surface area (Å²) in [5.41, 5.74) is 4.45. The van der Waals surface area contributed by atoms with Gasteiger partial charge >= 0.3 is 5.97 Å². The molecule has 1 unspecified atom stereocenters. The summed E-state index contributed by atoms with van der Waals surface area (Å²) in [5.74, 6) is -0.945. The van der Waals surface area contributed by atoms with E-state index < -0.39 is 40.9 Å². The molecular weight excluding hydrogens is 462 g/mol. The van der Waals surface area contributed by atoms with Gasteiger partial charge in [-0.15, -0.1) is 0 Å². The number of ether oxygens (including phenoxy) is 3. The van der Waals surface area contributed by atoms with E-state index in [2.05, 4.69) is 6.92 Å². The minimum Gasteiger partial charge on any atom is -0.457 e. The van der Waals surface area contributed by atoms with Crippen molar-refractivity contribution >= 4 is 17.5 Å². The Balaban J connectivity index is 1.50. The normalized spacial score (nSPS) is 45.0. The van der Waals surface area contributed by atoms with Gasteiger partial charge in [0.05, 0.1) is 18.1 Å². The number of allylic oxidation sites excluding steroid dienone is 4. The maximum Gasteiger partial charge on any atom is 0.308 e. The van der Waals surface area contributed by atoms with Gasteiger partial charge in [0.1, 0.15) is 0 Å². The zero-order valence-electron chi connectivity index (χ0n) is 21.7. The number of esters is 1. The van der Waals surface area contributed by atoms with Crippen LogP contribution in [-0.4, -0.2) is 59.9 Å². The fourth-order valence-electron chi connectivity index (χ4n) is 8.32. The van der Waals surface area contributed by atoms with Gasteiger partial charge < -0.3 is 25.1 Å². The summed E-state index contributed by atoms with van der Waals surface area (Å²) >= 11 is 0. The molecule has 8 nitrogen and oxygen atoms in total. The molecule has 1 saturated heterocycles. The summed E-state index contributed by atoms with van der Waals surface area (Å²) in [4.78, 5) is 38.2. The number of fused-ring (bicyclic) bond motifs is 7. The van der Waals surface area contributed by atoms with E-state index in [1.54, 1.807) is 26.0 Å². The molecule has 0 bridgehead atoms. The summed E-state index contributed by atoms with van der Waals surface area (Å²) in [5, 5.41) is 11.7. The lowest BCUT2D eigenvalue weighted by atomic mass is 9.46. The van der Waals surface area contributed by atoms with E-state index in [0.29, 0.717) is 25.8 Å². The molecule has 1 heterocycles. The van der Waals surface area contributed by atoms with Crippen LogP contribution in [0.4, 0.5) is 0 Å². The van der Waals surface area contributed by atoms with Crippen LogP contribution in [0.25, 0.3) is 0 Å². The summed E-state index contributed by atoms with van der Waals surface area (Å²) in [7, 11) is 0. The largest absolute Gasteiger partial charge is 0.457 e. The fraction of sp³-hybridized carbons (Fsp3) is 0.750. The van der Waals surface area contributed by atoms with Gasteiger partial charge in [0.2, 0.25) is 5.78 Å². The molecule has 9 atom stereocenters. The lowest BCUT2D eigenvalue weighted by Gasteiger charge is -2.59. The van der Waals surface area contributed by atoms with Crippen LogP contribution in [-0.2, 0) is 28.6 Å². The Morgan fingerprint density at radius 2 is 2.06 bits per heavy atom. The summed E-state index contributed by atoms with van der Waals surface area (Å²) in [6, 6.07) is 0. The number of hydrogen-bond donors (Lipinski definition) is 2. The Labute approximate surface area is 212 Å². The molecule has 0 aromatic carbocycles. The van der Waals surface area contributed by atoms with Gasteiger partial charge in [0.15, 0.2) is 24.3 Å². The molecule has 1 aliphatic heterocycles. The monoisotopic (exact) mass is 501 g/mol. The van der Waals surface area contributed by atoms with E-state index in [-0.39, 0.29) is 41.8 Å². The number of hydrogen-bond acceptors (Lipinski definition) is 8. The van der Waals surface area contributed by atoms with Crippen molar-refractivity contribution in [2.45, 2.75) is 83.9 Å². The highest BCUT2D eigenvalue weighted by Gasteiger charge is 2.75. The third-order valence-electron chi connectivity index (χ3n) is 9.92. The molecular formula is C28H39NO7. The quantitative estimate of drug-likeness (QED) is 0.532. The van der Waals surface area contributed by atoms with Crippen LogP contribution in [0.1, 0.15) is 59.8 Å². The second kappa shape index (κ2) is 8.86. The summed E-state index contributed by atoms with van der Waals surface area (Å²) in [6.07, 6.45) is 6.59. The molecule has 0 radical (unpaired) electrons. The van der Waals surface area contributed by atoms with Crippen molar-refractivity contribution < 1.29 is 33.7 Å². The molecule has 0 aromatic rings. The van der Waals surface area contributed by atoms with E-state index in [1.165, 1.54) is 0 Å². The molecule has 3 N–H and O–H groups in total. The minimum atomic E-state index is -1.31. The van der Waals surface area contributed by atoms with Gasteiger partial charge in [-0.05, 0) is 56.2 Å². The summed E-state index contributed by atoms with van der Waals surface area (Å²) < 4.78 is 18.2. The Hall–Kier alpha value is -1.87. The van der Waals surface area contributed by atoms with Gasteiger partial charge in [-0.25, -0.2) is 0 Å². The number of rotatable bonds is 6. The van der Waals surface area contributed by atoms with Gasteiger partial charge in [0.25, 0.3) is 0 Å². The van der Waals surface area contributed by atoms with Crippen molar-refractivity contribution in [3.63, 3.8) is 0 Å². The maximum absolute atomic E-state index is 13.9. The molecule has 0 spiro atoms. The molecule has 3 saturated carbocycles. The van der Waals surface area contributed by atoms with Crippen molar-refractivity contribution in [2.75, 3.05) is 13.2 Å². The van der Waals surface area contributed by atoms with Crippen molar-refractivity contribution in [2.24, 2.45) is 40.2 Å². The molecule has 0 aromatic heterocycles. The molecule has 36 heavy (non-hydrogen) atoms. The lowest BCUT2D eigenvalue weighted by Crippen LogP contribution is -2.63. The fourth-order valence-corrected chi connectivity index (χ4v) is 8.32. The molecule has 8 heteroatoms. The van der Waals surface area contributed by atoms with Crippen molar-refractivity contribution in [3.8, 4) is 0 Å². The van der Waals surface area contributed by atoms with Crippen LogP contribution < -0.4 is 5.73 Å². The predicted molar refractivity (Wildman–Crippen MR) is 130 cm³/mol. The molecule has 4 aliphatic carbocycles. The molecule has 4 fully saturated rings. The second-order valence-corrected chi connectivity index (χ2v) is 12.1. The summed E-state index contributed by atoms with van der Waals surface area (Å²) in [6.45, 7) is 7.59. The second-order valence-electron chi connectivity index (χ2n) is 12.1. The topological polar surface area (TPSA) is 125 Å². The lowest BCUT2D eigenvalue weighted by molar-refractivity contribution is -0.201. The Morgan fingerprint density at radius 1 is 1.31 bits per heavy atom. The first-order chi connectivity index (χ1) is 17.0. The zero-order valence-corrected chi connectivity index (χ0v) is 21.7. The average molecular weight is 502 g/mol. The highest BCUT2D eigenvalue weighted by atomic mass is 16.7. The van der Waals surface area contributed by atoms with E-state index in [9.17, 15) is 19.5 Å². The third kappa shape index (κ3) is 3.51. The highest BCUT2D eigenvalue weighted by Crippen LogP contribution is 2.69. The first kappa shape index (κ1) is 25.8. The number of nitrogens with two attached hydrogens (primary N) is 1. The van der Waals surface area contributed by atoms with Crippen LogP contribution in [0.15, 0.2) is 23.8 Å². The van der Waals surface area contributed by atoms with E-state index in [1.807, 2.05) is 13.0 Å². The molecule has 198 valence electrons. The highest BCUT2D eigenvalue weighted by molar-refractivity contribution is 6.01. The molecule has 0 amide bonds. The van der Waals surface area contributed by atoms with Crippen molar-refractivity contribution in [1.29, 1.82) is 0 Å². The van der Waals surface area contributed by atoms with Crippen molar-refractivity contribution in [1.82, 2.24) is 0 Å².